The van der Waals surface area contributed by atoms with Gasteiger partial charge in [-0.25, -0.2) is 4.39 Å². The summed E-state index contributed by atoms with van der Waals surface area (Å²) in [6.07, 6.45) is -0.927. The molecule has 104 valence electrons. The van der Waals surface area contributed by atoms with Crippen LogP contribution in [0.5, 0.6) is 0 Å². The summed E-state index contributed by atoms with van der Waals surface area (Å²) in [4.78, 5) is 11.8. The molecule has 3 unspecified atom stereocenters. The molecule has 1 aliphatic carbocycles. The monoisotopic (exact) mass is 325 g/mol. The predicted octanol–water partition coefficient (Wildman–Crippen LogP) is 2.73. The van der Waals surface area contributed by atoms with Crippen molar-refractivity contribution in [3.63, 3.8) is 0 Å². The number of aliphatic hydroxyl groups excluding tert-OH is 1. The first-order valence-corrected chi connectivity index (χ1v) is 6.73. The van der Waals surface area contributed by atoms with Crippen LogP contribution in [0.4, 0.5) is 4.39 Å². The molecule has 7 heteroatoms. The standard InChI is InChI=1S/C12H11Cl3FNO2/c13-12(14,15)11(19)17-10(18)9-5-8(9)6-1-3-7(16)4-2-6/h1-4,8-9,11,19H,5H2,(H,17,18). The lowest BCUT2D eigenvalue weighted by Gasteiger charge is -2.19. The maximum Gasteiger partial charge on any atom is 0.234 e. The van der Waals surface area contributed by atoms with E-state index in [1.165, 1.54) is 12.1 Å². The van der Waals surface area contributed by atoms with Gasteiger partial charge in [0.15, 0.2) is 6.23 Å². The van der Waals surface area contributed by atoms with Crippen LogP contribution in [-0.4, -0.2) is 21.0 Å². The van der Waals surface area contributed by atoms with E-state index in [2.05, 4.69) is 5.32 Å². The van der Waals surface area contributed by atoms with Crippen molar-refractivity contribution in [2.75, 3.05) is 0 Å². The highest BCUT2D eigenvalue weighted by molar-refractivity contribution is 6.68. The molecule has 0 aliphatic heterocycles. The third kappa shape index (κ3) is 3.72. The minimum atomic E-state index is -1.96. The third-order valence-electron chi connectivity index (χ3n) is 3.01. The molecule has 1 saturated carbocycles. The Kier molecular flexibility index (Phi) is 4.26. The largest absolute Gasteiger partial charge is 0.369 e. The second-order valence-electron chi connectivity index (χ2n) is 4.45. The topological polar surface area (TPSA) is 49.3 Å². The fourth-order valence-corrected chi connectivity index (χ4v) is 2.05. The molecule has 0 radical (unpaired) electrons. The van der Waals surface area contributed by atoms with Gasteiger partial charge in [0.1, 0.15) is 5.82 Å². The quantitative estimate of drug-likeness (QED) is 0.663. The zero-order valence-electron chi connectivity index (χ0n) is 9.62. The van der Waals surface area contributed by atoms with Crippen LogP contribution in [0.2, 0.25) is 0 Å². The van der Waals surface area contributed by atoms with Crippen molar-refractivity contribution in [2.45, 2.75) is 22.4 Å². The molecular formula is C12H11Cl3FNO2. The maximum atomic E-state index is 12.8. The van der Waals surface area contributed by atoms with E-state index in [-0.39, 0.29) is 23.6 Å². The smallest absolute Gasteiger partial charge is 0.234 e. The van der Waals surface area contributed by atoms with Crippen LogP contribution >= 0.6 is 34.8 Å². The van der Waals surface area contributed by atoms with E-state index in [1.807, 2.05) is 0 Å². The molecule has 1 fully saturated rings. The number of carbonyl (C=O) groups excluding carboxylic acids is 1. The van der Waals surface area contributed by atoms with Crippen molar-refractivity contribution in [2.24, 2.45) is 5.92 Å². The number of amides is 1. The number of hydrogen-bond acceptors (Lipinski definition) is 2. The highest BCUT2D eigenvalue weighted by Crippen LogP contribution is 2.47. The molecule has 3 nitrogen and oxygen atoms in total. The number of hydrogen-bond donors (Lipinski definition) is 2. The van der Waals surface area contributed by atoms with Crippen LogP contribution in [0, 0.1) is 11.7 Å². The van der Waals surface area contributed by atoms with Gasteiger partial charge in [0.25, 0.3) is 0 Å². The van der Waals surface area contributed by atoms with E-state index in [0.29, 0.717) is 6.42 Å². The van der Waals surface area contributed by atoms with Crippen molar-refractivity contribution in [3.05, 3.63) is 35.6 Å². The molecule has 0 saturated heterocycles. The Hall–Kier alpha value is -0.550. The second-order valence-corrected chi connectivity index (χ2v) is 6.82. The van der Waals surface area contributed by atoms with Gasteiger partial charge in [-0.3, -0.25) is 4.79 Å². The zero-order valence-corrected chi connectivity index (χ0v) is 11.9. The molecule has 2 N–H and O–H groups in total. The number of rotatable bonds is 3. The van der Waals surface area contributed by atoms with Crippen LogP contribution < -0.4 is 5.32 Å². The summed E-state index contributed by atoms with van der Waals surface area (Å²) in [6.45, 7) is 0. The zero-order chi connectivity index (χ0) is 14.2. The summed E-state index contributed by atoms with van der Waals surface area (Å²) in [5.74, 6) is -0.971. The molecule has 2 rings (SSSR count). The van der Waals surface area contributed by atoms with Gasteiger partial charge in [0.05, 0.1) is 0 Å². The summed E-state index contributed by atoms with van der Waals surface area (Å²) >= 11 is 16.3. The van der Waals surface area contributed by atoms with Gasteiger partial charge in [-0.2, -0.15) is 0 Å². The van der Waals surface area contributed by atoms with Gasteiger partial charge in [-0.05, 0) is 30.0 Å². The minimum Gasteiger partial charge on any atom is -0.369 e. The molecule has 0 spiro atoms. The van der Waals surface area contributed by atoms with Crippen LogP contribution in [0.15, 0.2) is 24.3 Å². The first-order valence-electron chi connectivity index (χ1n) is 5.59. The molecule has 1 aliphatic rings. The molecular weight excluding hydrogens is 315 g/mol. The van der Waals surface area contributed by atoms with Crippen molar-refractivity contribution in [1.29, 1.82) is 0 Å². The molecule has 1 aromatic carbocycles. The van der Waals surface area contributed by atoms with E-state index in [4.69, 9.17) is 34.8 Å². The third-order valence-corrected chi connectivity index (χ3v) is 3.63. The molecule has 0 heterocycles. The molecule has 1 amide bonds. The number of carbonyl (C=O) groups is 1. The molecule has 0 aromatic heterocycles. The number of benzene rings is 1. The molecule has 19 heavy (non-hydrogen) atoms. The minimum absolute atomic E-state index is 0.0168. The number of alkyl halides is 3. The second kappa shape index (κ2) is 5.44. The Bertz CT molecular complexity index is 475. The highest BCUT2D eigenvalue weighted by Gasteiger charge is 2.45. The van der Waals surface area contributed by atoms with Gasteiger partial charge >= 0.3 is 0 Å². The predicted molar refractivity (Wildman–Crippen MR) is 71.7 cm³/mol. The number of nitrogens with one attached hydrogen (secondary N) is 1. The summed E-state index contributed by atoms with van der Waals surface area (Å²) in [5, 5.41) is 11.7. The van der Waals surface area contributed by atoms with Gasteiger partial charge in [0.2, 0.25) is 9.70 Å². The Balaban J connectivity index is 1.92. The average molecular weight is 327 g/mol. The first-order chi connectivity index (χ1) is 8.79. The van der Waals surface area contributed by atoms with Gasteiger partial charge < -0.3 is 10.4 Å². The lowest BCUT2D eigenvalue weighted by atomic mass is 10.1. The fourth-order valence-electron chi connectivity index (χ4n) is 1.89. The van der Waals surface area contributed by atoms with Gasteiger partial charge in [-0.1, -0.05) is 46.9 Å². The Morgan fingerprint density at radius 2 is 1.95 bits per heavy atom. The Morgan fingerprint density at radius 1 is 1.37 bits per heavy atom. The van der Waals surface area contributed by atoms with Crippen molar-refractivity contribution >= 4 is 40.7 Å². The van der Waals surface area contributed by atoms with Crippen LogP contribution in [0.1, 0.15) is 17.9 Å². The summed E-state index contributed by atoms with van der Waals surface area (Å²) in [6, 6.07) is 5.97. The normalized spacial score (nSPS) is 23.8. The number of halogens is 4. The van der Waals surface area contributed by atoms with E-state index in [1.54, 1.807) is 12.1 Å². The Morgan fingerprint density at radius 3 is 2.47 bits per heavy atom. The molecule has 3 atom stereocenters. The van der Waals surface area contributed by atoms with Crippen LogP contribution in [0.25, 0.3) is 0 Å². The van der Waals surface area contributed by atoms with Gasteiger partial charge in [-0.15, -0.1) is 0 Å². The van der Waals surface area contributed by atoms with Gasteiger partial charge in [0, 0.05) is 5.92 Å². The lowest BCUT2D eigenvalue weighted by Crippen LogP contribution is -2.44. The summed E-state index contributed by atoms with van der Waals surface area (Å²) < 4.78 is 10.8. The van der Waals surface area contributed by atoms with Crippen LogP contribution in [-0.2, 0) is 4.79 Å². The van der Waals surface area contributed by atoms with Crippen molar-refractivity contribution in [1.82, 2.24) is 5.32 Å². The summed E-state index contributed by atoms with van der Waals surface area (Å²) in [7, 11) is 0. The van der Waals surface area contributed by atoms with E-state index in [9.17, 15) is 14.3 Å². The Labute approximate surface area is 124 Å². The van der Waals surface area contributed by atoms with E-state index >= 15 is 0 Å². The van der Waals surface area contributed by atoms with Crippen LogP contribution in [0.3, 0.4) is 0 Å². The van der Waals surface area contributed by atoms with E-state index in [0.717, 1.165) is 5.56 Å². The van der Waals surface area contributed by atoms with Crippen molar-refractivity contribution in [3.8, 4) is 0 Å². The maximum absolute atomic E-state index is 12.8. The average Bonchev–Trinajstić information content (AvgIpc) is 3.08. The summed E-state index contributed by atoms with van der Waals surface area (Å²) in [5.41, 5.74) is 0.880. The highest BCUT2D eigenvalue weighted by atomic mass is 35.6. The lowest BCUT2D eigenvalue weighted by molar-refractivity contribution is -0.125. The van der Waals surface area contributed by atoms with E-state index < -0.39 is 10.0 Å². The molecule has 1 aromatic rings. The number of aliphatic hydroxyl groups is 1. The SMILES string of the molecule is O=C(NC(O)C(Cl)(Cl)Cl)C1CC1c1ccc(F)cc1. The first kappa shape index (κ1) is 14.9. The molecule has 0 bridgehead atoms. The fraction of sp³-hybridized carbons (Fsp3) is 0.417. The van der Waals surface area contributed by atoms with Crippen molar-refractivity contribution < 1.29 is 14.3 Å².